The molecule has 0 aromatic rings. The van der Waals surface area contributed by atoms with Gasteiger partial charge in [-0.1, -0.05) is 33.8 Å². The van der Waals surface area contributed by atoms with E-state index in [1.54, 1.807) is 6.08 Å². The molecule has 0 heterocycles. The van der Waals surface area contributed by atoms with E-state index in [0.717, 1.165) is 6.42 Å². The maximum atomic E-state index is 9.75. The quantitative estimate of drug-likeness (QED) is 0.629. The van der Waals surface area contributed by atoms with Gasteiger partial charge in [-0.2, -0.15) is 0 Å². The highest BCUT2D eigenvalue weighted by molar-refractivity contribution is 4.84. The van der Waals surface area contributed by atoms with E-state index in [1.165, 1.54) is 0 Å². The average Bonchev–Trinajstić information content (AvgIpc) is 1.85. The van der Waals surface area contributed by atoms with Crippen LogP contribution < -0.4 is 0 Å². The Morgan fingerprint density at radius 3 is 2.25 bits per heavy atom. The van der Waals surface area contributed by atoms with E-state index in [2.05, 4.69) is 34.3 Å². The second-order valence-electron chi connectivity index (χ2n) is 4.63. The summed E-state index contributed by atoms with van der Waals surface area (Å²) in [6.07, 6.45) is 3.28. The van der Waals surface area contributed by atoms with Gasteiger partial charge in [-0.25, -0.2) is 0 Å². The summed E-state index contributed by atoms with van der Waals surface area (Å²) in [6.45, 7) is 12.2. The number of hydrogen-bond acceptors (Lipinski definition) is 1. The fraction of sp³-hybridized carbons (Fsp3) is 0.818. The molecule has 0 fully saturated rings. The molecule has 1 nitrogen and oxygen atoms in total. The zero-order valence-electron chi connectivity index (χ0n) is 8.80. The lowest BCUT2D eigenvalue weighted by Gasteiger charge is -2.31. The zero-order valence-corrected chi connectivity index (χ0v) is 8.80. The summed E-state index contributed by atoms with van der Waals surface area (Å²) < 4.78 is 0. The van der Waals surface area contributed by atoms with E-state index in [9.17, 15) is 5.11 Å². The lowest BCUT2D eigenvalue weighted by Crippen LogP contribution is -2.30. The summed E-state index contributed by atoms with van der Waals surface area (Å²) in [5.74, 6) is 0.638. The van der Waals surface area contributed by atoms with Gasteiger partial charge in [0, 0.05) is 0 Å². The molecular weight excluding hydrogens is 148 g/mol. The molecule has 0 amide bonds. The Morgan fingerprint density at radius 2 is 1.92 bits per heavy atom. The highest BCUT2D eigenvalue weighted by Crippen LogP contribution is 2.30. The summed E-state index contributed by atoms with van der Waals surface area (Å²) in [5.41, 5.74) is 0.0162. The van der Waals surface area contributed by atoms with Crippen molar-refractivity contribution in [1.29, 1.82) is 0 Å². The van der Waals surface area contributed by atoms with Crippen LogP contribution >= 0.6 is 0 Å². The van der Waals surface area contributed by atoms with E-state index in [4.69, 9.17) is 0 Å². The first-order chi connectivity index (χ1) is 5.40. The Labute approximate surface area is 76.5 Å². The minimum Gasteiger partial charge on any atom is -0.392 e. The van der Waals surface area contributed by atoms with Gasteiger partial charge in [-0.05, 0) is 24.2 Å². The van der Waals surface area contributed by atoms with E-state index in [1.807, 2.05) is 0 Å². The van der Waals surface area contributed by atoms with E-state index in [0.29, 0.717) is 12.3 Å². The van der Waals surface area contributed by atoms with Crippen molar-refractivity contribution in [3.8, 4) is 0 Å². The van der Waals surface area contributed by atoms with Gasteiger partial charge in [0.1, 0.15) is 0 Å². The van der Waals surface area contributed by atoms with Crippen molar-refractivity contribution in [1.82, 2.24) is 0 Å². The molecule has 1 N–H and O–H groups in total. The third-order valence-electron chi connectivity index (χ3n) is 2.23. The van der Waals surface area contributed by atoms with Crippen LogP contribution in [0.25, 0.3) is 0 Å². The van der Waals surface area contributed by atoms with Crippen LogP contribution in [0.15, 0.2) is 12.7 Å². The third kappa shape index (κ3) is 3.91. The Morgan fingerprint density at radius 1 is 1.42 bits per heavy atom. The molecule has 0 aromatic carbocycles. The minimum atomic E-state index is -0.252. The van der Waals surface area contributed by atoms with E-state index >= 15 is 0 Å². The van der Waals surface area contributed by atoms with Gasteiger partial charge < -0.3 is 5.11 Å². The Balaban J connectivity index is 4.07. The SMILES string of the molecule is C=CCC(O)C(C)(C)CC(C)C. The molecule has 0 aliphatic carbocycles. The molecule has 0 rings (SSSR count). The van der Waals surface area contributed by atoms with Gasteiger partial charge in [0.15, 0.2) is 0 Å². The minimum absolute atomic E-state index is 0.0162. The first-order valence-electron chi connectivity index (χ1n) is 4.69. The van der Waals surface area contributed by atoms with Crippen LogP contribution in [0.2, 0.25) is 0 Å². The van der Waals surface area contributed by atoms with Gasteiger partial charge >= 0.3 is 0 Å². The summed E-state index contributed by atoms with van der Waals surface area (Å²) in [6, 6.07) is 0. The molecule has 1 heteroatoms. The second kappa shape index (κ2) is 4.66. The highest BCUT2D eigenvalue weighted by atomic mass is 16.3. The molecule has 12 heavy (non-hydrogen) atoms. The molecule has 0 saturated heterocycles. The average molecular weight is 170 g/mol. The summed E-state index contributed by atoms with van der Waals surface area (Å²) >= 11 is 0. The van der Waals surface area contributed by atoms with E-state index in [-0.39, 0.29) is 11.5 Å². The Kier molecular flexibility index (Phi) is 4.54. The van der Waals surface area contributed by atoms with Crippen molar-refractivity contribution in [2.75, 3.05) is 0 Å². The predicted octanol–water partition coefficient (Wildman–Crippen LogP) is 3.00. The summed E-state index contributed by atoms with van der Waals surface area (Å²) in [5, 5.41) is 9.75. The van der Waals surface area contributed by atoms with Crippen LogP contribution in [0, 0.1) is 11.3 Å². The second-order valence-corrected chi connectivity index (χ2v) is 4.63. The standard InChI is InChI=1S/C11H22O/c1-6-7-10(12)11(4,5)8-9(2)3/h6,9-10,12H,1,7-8H2,2-5H3. The first-order valence-corrected chi connectivity index (χ1v) is 4.69. The lowest BCUT2D eigenvalue weighted by molar-refractivity contribution is 0.0379. The van der Waals surface area contributed by atoms with Gasteiger partial charge in [-0.15, -0.1) is 6.58 Å². The maximum Gasteiger partial charge on any atom is 0.0625 e. The zero-order chi connectivity index (χ0) is 9.78. The molecule has 72 valence electrons. The summed E-state index contributed by atoms with van der Waals surface area (Å²) in [7, 11) is 0. The largest absolute Gasteiger partial charge is 0.392 e. The molecular formula is C11H22O. The number of rotatable bonds is 5. The number of aliphatic hydroxyl groups is 1. The third-order valence-corrected chi connectivity index (χ3v) is 2.23. The molecule has 0 bridgehead atoms. The molecule has 0 saturated carbocycles. The topological polar surface area (TPSA) is 20.2 Å². The number of aliphatic hydroxyl groups excluding tert-OH is 1. The monoisotopic (exact) mass is 170 g/mol. The van der Waals surface area contributed by atoms with Gasteiger partial charge in [0.25, 0.3) is 0 Å². The molecule has 0 aromatic heterocycles. The van der Waals surface area contributed by atoms with Crippen molar-refractivity contribution in [3.63, 3.8) is 0 Å². The van der Waals surface area contributed by atoms with Gasteiger partial charge in [0.2, 0.25) is 0 Å². The molecule has 0 aliphatic heterocycles. The molecule has 1 unspecified atom stereocenters. The summed E-state index contributed by atoms with van der Waals surface area (Å²) in [4.78, 5) is 0. The van der Waals surface area contributed by atoms with Crippen molar-refractivity contribution in [2.45, 2.75) is 46.6 Å². The van der Waals surface area contributed by atoms with Gasteiger partial charge in [0.05, 0.1) is 6.10 Å². The van der Waals surface area contributed by atoms with Crippen LogP contribution in [-0.2, 0) is 0 Å². The van der Waals surface area contributed by atoms with Crippen LogP contribution in [0.5, 0.6) is 0 Å². The fourth-order valence-electron chi connectivity index (χ4n) is 1.67. The predicted molar refractivity (Wildman–Crippen MR) is 54.1 cm³/mol. The lowest BCUT2D eigenvalue weighted by atomic mass is 9.78. The molecule has 0 radical (unpaired) electrons. The van der Waals surface area contributed by atoms with Gasteiger partial charge in [-0.3, -0.25) is 0 Å². The Hall–Kier alpha value is -0.300. The van der Waals surface area contributed by atoms with Crippen molar-refractivity contribution in [3.05, 3.63) is 12.7 Å². The van der Waals surface area contributed by atoms with Crippen LogP contribution in [0.3, 0.4) is 0 Å². The maximum absolute atomic E-state index is 9.75. The normalized spacial score (nSPS) is 14.8. The number of hydrogen-bond donors (Lipinski definition) is 1. The molecule has 1 atom stereocenters. The van der Waals surface area contributed by atoms with Crippen molar-refractivity contribution in [2.24, 2.45) is 11.3 Å². The van der Waals surface area contributed by atoms with Crippen molar-refractivity contribution >= 4 is 0 Å². The smallest absolute Gasteiger partial charge is 0.0625 e. The Bertz CT molecular complexity index is 136. The molecule has 0 aliphatic rings. The molecule has 0 spiro atoms. The highest BCUT2D eigenvalue weighted by Gasteiger charge is 2.27. The van der Waals surface area contributed by atoms with E-state index < -0.39 is 0 Å². The van der Waals surface area contributed by atoms with Crippen molar-refractivity contribution < 1.29 is 5.11 Å². The van der Waals surface area contributed by atoms with Crippen LogP contribution in [0.1, 0.15) is 40.5 Å². The van der Waals surface area contributed by atoms with Crippen LogP contribution in [0.4, 0.5) is 0 Å². The van der Waals surface area contributed by atoms with Crippen LogP contribution in [-0.4, -0.2) is 11.2 Å². The first kappa shape index (κ1) is 11.7. The fourth-order valence-corrected chi connectivity index (χ4v) is 1.67.